The Morgan fingerprint density at radius 3 is 2.82 bits per heavy atom. The molecule has 2 fully saturated rings. The van der Waals surface area contributed by atoms with Crippen molar-refractivity contribution in [2.24, 2.45) is 5.92 Å². The zero-order chi connectivity index (χ0) is 15.5. The van der Waals surface area contributed by atoms with Gasteiger partial charge in [0, 0.05) is 38.1 Å². The summed E-state index contributed by atoms with van der Waals surface area (Å²) in [6.07, 6.45) is 2.17. The first-order chi connectivity index (χ1) is 10.6. The fourth-order valence-corrected chi connectivity index (χ4v) is 3.96. The number of hydrogen-bond donors (Lipinski definition) is 1. The van der Waals surface area contributed by atoms with Crippen LogP contribution in [0.15, 0.2) is 5.38 Å². The average molecular weight is 322 g/mol. The first-order valence-corrected chi connectivity index (χ1v) is 9.15. The van der Waals surface area contributed by atoms with Gasteiger partial charge in [-0.1, -0.05) is 6.92 Å². The van der Waals surface area contributed by atoms with Gasteiger partial charge < -0.3 is 10.2 Å². The Morgan fingerprint density at radius 1 is 1.41 bits per heavy atom. The molecule has 2 saturated heterocycles. The van der Waals surface area contributed by atoms with E-state index in [1.54, 1.807) is 11.3 Å². The lowest BCUT2D eigenvalue weighted by Crippen LogP contribution is -2.55. The second kappa shape index (κ2) is 7.06. The number of carbonyl (C=O) groups excluding carboxylic acids is 1. The Kier molecular flexibility index (Phi) is 5.10. The third-order valence-corrected chi connectivity index (χ3v) is 5.52. The molecular formula is C16H26N4OS. The minimum Gasteiger partial charge on any atom is -0.339 e. The van der Waals surface area contributed by atoms with E-state index in [9.17, 15) is 4.79 Å². The van der Waals surface area contributed by atoms with Crippen LogP contribution in [0.5, 0.6) is 0 Å². The van der Waals surface area contributed by atoms with E-state index in [1.807, 2.05) is 11.8 Å². The fourth-order valence-electron chi connectivity index (χ4n) is 3.35. The van der Waals surface area contributed by atoms with Gasteiger partial charge in [0.2, 0.25) is 5.91 Å². The highest BCUT2D eigenvalue weighted by atomic mass is 32.1. The minimum atomic E-state index is 0.0384. The molecule has 2 aliphatic heterocycles. The van der Waals surface area contributed by atoms with Gasteiger partial charge in [-0.25, -0.2) is 4.98 Å². The number of aryl methyl sites for hydroxylation is 1. The predicted octanol–water partition coefficient (Wildman–Crippen LogP) is 1.48. The third kappa shape index (κ3) is 3.86. The van der Waals surface area contributed by atoms with Gasteiger partial charge in [-0.3, -0.25) is 9.69 Å². The Hall–Kier alpha value is -0.980. The summed E-state index contributed by atoms with van der Waals surface area (Å²) in [7, 11) is 0. The number of amides is 1. The summed E-state index contributed by atoms with van der Waals surface area (Å²) < 4.78 is 0. The number of hydrogen-bond acceptors (Lipinski definition) is 5. The molecule has 0 spiro atoms. The molecule has 0 bridgehead atoms. The molecule has 3 rings (SSSR count). The summed E-state index contributed by atoms with van der Waals surface area (Å²) >= 11 is 1.71. The summed E-state index contributed by atoms with van der Waals surface area (Å²) in [4.78, 5) is 21.6. The molecule has 2 unspecified atom stereocenters. The number of rotatable bonds is 3. The van der Waals surface area contributed by atoms with E-state index in [4.69, 9.17) is 0 Å². The van der Waals surface area contributed by atoms with E-state index >= 15 is 0 Å². The van der Waals surface area contributed by atoms with Gasteiger partial charge in [-0.2, -0.15) is 0 Å². The quantitative estimate of drug-likeness (QED) is 0.916. The zero-order valence-corrected chi connectivity index (χ0v) is 14.4. The van der Waals surface area contributed by atoms with Gasteiger partial charge >= 0.3 is 0 Å². The van der Waals surface area contributed by atoms with Crippen LogP contribution < -0.4 is 5.32 Å². The van der Waals surface area contributed by atoms with Crippen LogP contribution in [0, 0.1) is 12.8 Å². The van der Waals surface area contributed by atoms with Crippen molar-refractivity contribution in [1.29, 1.82) is 0 Å². The van der Waals surface area contributed by atoms with Crippen LogP contribution in [-0.4, -0.2) is 59.5 Å². The fraction of sp³-hybridized carbons (Fsp3) is 0.750. The Morgan fingerprint density at radius 2 is 2.18 bits per heavy atom. The van der Waals surface area contributed by atoms with Crippen LogP contribution in [0.3, 0.4) is 0 Å². The topological polar surface area (TPSA) is 48.5 Å². The van der Waals surface area contributed by atoms with Gasteiger partial charge in [0.05, 0.1) is 16.7 Å². The van der Waals surface area contributed by atoms with E-state index in [0.717, 1.165) is 56.4 Å². The maximum absolute atomic E-state index is 12.6. The van der Waals surface area contributed by atoms with E-state index in [0.29, 0.717) is 11.8 Å². The van der Waals surface area contributed by atoms with Crippen molar-refractivity contribution in [3.8, 4) is 0 Å². The second-order valence-corrected chi connectivity index (χ2v) is 7.66. The van der Waals surface area contributed by atoms with Crippen molar-refractivity contribution in [3.63, 3.8) is 0 Å². The molecule has 2 atom stereocenters. The number of nitrogens with zero attached hydrogens (tertiary/aromatic N) is 3. The second-order valence-electron chi connectivity index (χ2n) is 6.60. The molecule has 0 radical (unpaired) electrons. The number of piperidine rings is 1. The molecule has 122 valence electrons. The van der Waals surface area contributed by atoms with E-state index in [1.165, 1.54) is 6.42 Å². The van der Waals surface area contributed by atoms with Gasteiger partial charge in [0.25, 0.3) is 0 Å². The first-order valence-electron chi connectivity index (χ1n) is 8.27. The van der Waals surface area contributed by atoms with Crippen LogP contribution in [0.1, 0.15) is 30.5 Å². The highest BCUT2D eigenvalue weighted by Crippen LogP contribution is 2.18. The number of piperazine rings is 1. The minimum absolute atomic E-state index is 0.0384. The molecule has 0 aromatic carbocycles. The maximum Gasteiger partial charge on any atom is 0.239 e. The summed E-state index contributed by atoms with van der Waals surface area (Å²) in [5.41, 5.74) is 1.16. The first kappa shape index (κ1) is 15.9. The molecule has 3 heterocycles. The number of nitrogens with one attached hydrogen (secondary N) is 1. The SMILES string of the molecule is Cc1nc(CN2CCN(C(=O)C3CC(C)CCN3)CC2)cs1. The molecule has 1 amide bonds. The molecule has 1 N–H and O–H groups in total. The van der Waals surface area contributed by atoms with Gasteiger partial charge in [0.15, 0.2) is 0 Å². The Labute approximate surface area is 136 Å². The van der Waals surface area contributed by atoms with Crippen molar-refractivity contribution in [2.75, 3.05) is 32.7 Å². The molecule has 1 aromatic heterocycles. The van der Waals surface area contributed by atoms with Crippen LogP contribution in [0.4, 0.5) is 0 Å². The van der Waals surface area contributed by atoms with Crippen molar-refractivity contribution in [3.05, 3.63) is 16.1 Å². The summed E-state index contributed by atoms with van der Waals surface area (Å²) in [6, 6.07) is 0.0384. The van der Waals surface area contributed by atoms with Gasteiger partial charge in [-0.05, 0) is 32.2 Å². The molecule has 5 nitrogen and oxygen atoms in total. The number of thiazole rings is 1. The van der Waals surface area contributed by atoms with E-state index in [2.05, 4.69) is 27.5 Å². The van der Waals surface area contributed by atoms with Crippen LogP contribution >= 0.6 is 11.3 Å². The lowest BCUT2D eigenvalue weighted by Gasteiger charge is -2.37. The largest absolute Gasteiger partial charge is 0.339 e. The Bertz CT molecular complexity index is 510. The highest BCUT2D eigenvalue weighted by molar-refractivity contribution is 7.09. The van der Waals surface area contributed by atoms with Crippen molar-refractivity contribution >= 4 is 17.2 Å². The third-order valence-electron chi connectivity index (χ3n) is 4.70. The van der Waals surface area contributed by atoms with Crippen molar-refractivity contribution in [2.45, 2.75) is 39.3 Å². The lowest BCUT2D eigenvalue weighted by molar-refractivity contribution is -0.136. The van der Waals surface area contributed by atoms with E-state index in [-0.39, 0.29) is 6.04 Å². The van der Waals surface area contributed by atoms with Crippen molar-refractivity contribution < 1.29 is 4.79 Å². The number of carbonyl (C=O) groups is 1. The molecule has 2 aliphatic rings. The standard InChI is InChI=1S/C16H26N4OS/c1-12-3-4-17-15(9-12)16(21)20-7-5-19(6-8-20)10-14-11-22-13(2)18-14/h11-12,15,17H,3-10H2,1-2H3. The highest BCUT2D eigenvalue weighted by Gasteiger charge is 2.30. The molecular weight excluding hydrogens is 296 g/mol. The predicted molar refractivity (Wildman–Crippen MR) is 88.9 cm³/mol. The maximum atomic E-state index is 12.6. The molecule has 0 aliphatic carbocycles. The van der Waals surface area contributed by atoms with Crippen LogP contribution in [0.25, 0.3) is 0 Å². The molecule has 22 heavy (non-hydrogen) atoms. The van der Waals surface area contributed by atoms with Crippen LogP contribution in [0.2, 0.25) is 0 Å². The van der Waals surface area contributed by atoms with Gasteiger partial charge in [0.1, 0.15) is 0 Å². The summed E-state index contributed by atoms with van der Waals surface area (Å²) in [5, 5.41) is 6.65. The average Bonchev–Trinajstić information content (AvgIpc) is 2.92. The summed E-state index contributed by atoms with van der Waals surface area (Å²) in [6.45, 7) is 9.75. The van der Waals surface area contributed by atoms with Crippen molar-refractivity contribution in [1.82, 2.24) is 20.1 Å². The zero-order valence-electron chi connectivity index (χ0n) is 13.5. The monoisotopic (exact) mass is 322 g/mol. The summed E-state index contributed by atoms with van der Waals surface area (Å²) in [5.74, 6) is 0.958. The normalized spacial score (nSPS) is 27.1. The van der Waals surface area contributed by atoms with Gasteiger partial charge in [-0.15, -0.1) is 11.3 Å². The Balaban J connectivity index is 1.47. The smallest absolute Gasteiger partial charge is 0.239 e. The molecule has 0 saturated carbocycles. The van der Waals surface area contributed by atoms with Crippen LogP contribution in [-0.2, 0) is 11.3 Å². The lowest BCUT2D eigenvalue weighted by atomic mass is 9.93. The molecule has 1 aromatic rings. The van der Waals surface area contributed by atoms with E-state index < -0.39 is 0 Å². The number of aromatic nitrogens is 1. The molecule has 6 heteroatoms.